The molecule has 3 aromatic rings. The predicted octanol–water partition coefficient (Wildman–Crippen LogP) is 2.39. The average molecular weight is 267 g/mol. The van der Waals surface area contributed by atoms with E-state index >= 15 is 0 Å². The number of nitrogens with two attached hydrogens (primary N) is 1. The summed E-state index contributed by atoms with van der Waals surface area (Å²) in [7, 11) is 1.33. The SMILES string of the molecule is COC(=O)c1cccc(-n2ncc3ccccc32)c1N. The molecule has 0 atom stereocenters. The van der Waals surface area contributed by atoms with Gasteiger partial charge in [-0.3, -0.25) is 0 Å². The number of fused-ring (bicyclic) bond motifs is 1. The van der Waals surface area contributed by atoms with Gasteiger partial charge in [0.1, 0.15) is 0 Å². The van der Waals surface area contributed by atoms with Gasteiger partial charge >= 0.3 is 5.97 Å². The van der Waals surface area contributed by atoms with Crippen LogP contribution >= 0.6 is 0 Å². The molecule has 1 aromatic heterocycles. The van der Waals surface area contributed by atoms with Crippen LogP contribution in [0.3, 0.4) is 0 Å². The molecule has 0 saturated heterocycles. The number of carbonyl (C=O) groups excluding carboxylic acids is 1. The smallest absolute Gasteiger partial charge is 0.340 e. The van der Waals surface area contributed by atoms with Crippen molar-refractivity contribution in [2.24, 2.45) is 0 Å². The van der Waals surface area contributed by atoms with Gasteiger partial charge in [0.05, 0.1) is 35.8 Å². The quantitative estimate of drug-likeness (QED) is 0.571. The lowest BCUT2D eigenvalue weighted by atomic mass is 10.1. The maximum Gasteiger partial charge on any atom is 0.340 e. The minimum atomic E-state index is -0.458. The number of methoxy groups -OCH3 is 1. The molecule has 0 amide bonds. The Morgan fingerprint density at radius 3 is 2.80 bits per heavy atom. The van der Waals surface area contributed by atoms with Crippen LogP contribution in [0, 0.1) is 0 Å². The molecule has 0 spiro atoms. The zero-order valence-corrected chi connectivity index (χ0v) is 10.9. The average Bonchev–Trinajstić information content (AvgIpc) is 2.90. The third-order valence-corrected chi connectivity index (χ3v) is 3.19. The molecule has 2 N–H and O–H groups in total. The molecular formula is C15H13N3O2. The van der Waals surface area contributed by atoms with Gasteiger partial charge in [-0.15, -0.1) is 0 Å². The van der Waals surface area contributed by atoms with Crippen molar-refractivity contribution >= 4 is 22.6 Å². The van der Waals surface area contributed by atoms with Gasteiger partial charge in [0.15, 0.2) is 0 Å². The fourth-order valence-corrected chi connectivity index (χ4v) is 2.19. The predicted molar refractivity (Wildman–Crippen MR) is 76.8 cm³/mol. The summed E-state index contributed by atoms with van der Waals surface area (Å²) in [5, 5.41) is 5.35. The van der Waals surface area contributed by atoms with Gasteiger partial charge in [0, 0.05) is 5.39 Å². The van der Waals surface area contributed by atoms with Crippen molar-refractivity contribution in [3.05, 3.63) is 54.2 Å². The Balaban J connectivity index is 2.22. The number of esters is 1. The lowest BCUT2D eigenvalue weighted by Gasteiger charge is -2.10. The summed E-state index contributed by atoms with van der Waals surface area (Å²) in [5.41, 5.74) is 8.37. The minimum Gasteiger partial charge on any atom is -0.465 e. The van der Waals surface area contributed by atoms with Crippen LogP contribution in [0.5, 0.6) is 0 Å². The minimum absolute atomic E-state index is 0.338. The number of ether oxygens (including phenoxy) is 1. The Morgan fingerprint density at radius 1 is 1.20 bits per heavy atom. The molecule has 2 aromatic carbocycles. The standard InChI is InChI=1S/C15H13N3O2/c1-20-15(19)11-6-4-8-13(14(11)16)18-12-7-3-2-5-10(12)9-17-18/h2-9H,16H2,1H3. The number of nitrogens with zero attached hydrogens (tertiary/aromatic N) is 2. The largest absolute Gasteiger partial charge is 0.465 e. The molecule has 0 radical (unpaired) electrons. The molecule has 0 aliphatic heterocycles. The molecule has 0 aliphatic rings. The number of carbonyl (C=O) groups is 1. The van der Waals surface area contributed by atoms with E-state index in [1.807, 2.05) is 30.3 Å². The van der Waals surface area contributed by atoms with Crippen molar-refractivity contribution in [1.29, 1.82) is 0 Å². The molecule has 0 fully saturated rings. The zero-order chi connectivity index (χ0) is 14.1. The molecule has 0 bridgehead atoms. The van der Waals surface area contributed by atoms with Crippen LogP contribution < -0.4 is 5.73 Å². The monoisotopic (exact) mass is 267 g/mol. The molecule has 3 rings (SSSR count). The summed E-state index contributed by atoms with van der Waals surface area (Å²) in [4.78, 5) is 11.7. The highest BCUT2D eigenvalue weighted by Gasteiger charge is 2.15. The van der Waals surface area contributed by atoms with Crippen LogP contribution in [-0.4, -0.2) is 22.9 Å². The van der Waals surface area contributed by atoms with E-state index in [4.69, 9.17) is 10.5 Å². The molecule has 5 nitrogen and oxygen atoms in total. The Labute approximate surface area is 115 Å². The summed E-state index contributed by atoms with van der Waals surface area (Å²) < 4.78 is 6.45. The fourth-order valence-electron chi connectivity index (χ4n) is 2.19. The van der Waals surface area contributed by atoms with Gasteiger partial charge in [0.25, 0.3) is 0 Å². The number of hydrogen-bond acceptors (Lipinski definition) is 4. The van der Waals surface area contributed by atoms with E-state index in [1.54, 1.807) is 23.0 Å². The normalized spacial score (nSPS) is 10.7. The van der Waals surface area contributed by atoms with Crippen LogP contribution in [0.25, 0.3) is 16.6 Å². The number of hydrogen-bond donors (Lipinski definition) is 1. The van der Waals surface area contributed by atoms with Crippen molar-refractivity contribution < 1.29 is 9.53 Å². The maximum atomic E-state index is 11.7. The first kappa shape index (κ1) is 12.2. The van der Waals surface area contributed by atoms with Crippen molar-refractivity contribution in [3.8, 4) is 5.69 Å². The van der Waals surface area contributed by atoms with Crippen LogP contribution in [0.1, 0.15) is 10.4 Å². The number of aromatic nitrogens is 2. The Morgan fingerprint density at radius 2 is 2.00 bits per heavy atom. The highest BCUT2D eigenvalue weighted by molar-refractivity contribution is 5.97. The first-order chi connectivity index (χ1) is 9.72. The van der Waals surface area contributed by atoms with Crippen molar-refractivity contribution in [2.45, 2.75) is 0 Å². The summed E-state index contributed by atoms with van der Waals surface area (Å²) in [5.74, 6) is -0.458. The summed E-state index contributed by atoms with van der Waals surface area (Å²) >= 11 is 0. The second kappa shape index (κ2) is 4.70. The first-order valence-corrected chi connectivity index (χ1v) is 6.12. The fraction of sp³-hybridized carbons (Fsp3) is 0.0667. The van der Waals surface area contributed by atoms with Crippen LogP contribution in [-0.2, 0) is 4.74 Å². The van der Waals surface area contributed by atoms with Crippen molar-refractivity contribution in [1.82, 2.24) is 9.78 Å². The highest BCUT2D eigenvalue weighted by Crippen LogP contribution is 2.25. The van der Waals surface area contributed by atoms with Gasteiger partial charge in [-0.1, -0.05) is 24.3 Å². The molecule has 1 heterocycles. The molecule has 100 valence electrons. The van der Waals surface area contributed by atoms with E-state index < -0.39 is 5.97 Å². The number of nitrogen functional groups attached to an aromatic ring is 1. The van der Waals surface area contributed by atoms with Crippen LogP contribution in [0.15, 0.2) is 48.7 Å². The van der Waals surface area contributed by atoms with Gasteiger partial charge in [-0.2, -0.15) is 5.10 Å². The van der Waals surface area contributed by atoms with E-state index in [-0.39, 0.29) is 0 Å². The Kier molecular flexibility index (Phi) is 2.87. The van der Waals surface area contributed by atoms with Crippen LogP contribution in [0.4, 0.5) is 5.69 Å². The number of para-hydroxylation sites is 2. The molecule has 0 unspecified atom stereocenters. The number of rotatable bonds is 2. The summed E-state index contributed by atoms with van der Waals surface area (Å²) in [6.45, 7) is 0. The lowest BCUT2D eigenvalue weighted by molar-refractivity contribution is 0.0602. The van der Waals surface area contributed by atoms with Crippen LogP contribution in [0.2, 0.25) is 0 Å². The topological polar surface area (TPSA) is 70.1 Å². The second-order valence-electron chi connectivity index (χ2n) is 4.35. The second-order valence-corrected chi connectivity index (χ2v) is 4.35. The molecule has 5 heteroatoms. The molecular weight excluding hydrogens is 254 g/mol. The highest BCUT2D eigenvalue weighted by atomic mass is 16.5. The third-order valence-electron chi connectivity index (χ3n) is 3.19. The van der Waals surface area contributed by atoms with E-state index in [2.05, 4.69) is 5.10 Å². The number of benzene rings is 2. The molecule has 20 heavy (non-hydrogen) atoms. The summed E-state index contributed by atoms with van der Waals surface area (Å²) in [6.07, 6.45) is 1.76. The van der Waals surface area contributed by atoms with E-state index in [1.165, 1.54) is 7.11 Å². The van der Waals surface area contributed by atoms with E-state index in [0.29, 0.717) is 16.9 Å². The Bertz CT molecular complexity index is 793. The molecule has 0 saturated carbocycles. The van der Waals surface area contributed by atoms with Gasteiger partial charge in [-0.25, -0.2) is 9.48 Å². The maximum absolute atomic E-state index is 11.7. The first-order valence-electron chi connectivity index (χ1n) is 6.12. The molecule has 0 aliphatic carbocycles. The summed E-state index contributed by atoms with van der Waals surface area (Å²) in [6, 6.07) is 13.0. The van der Waals surface area contributed by atoms with E-state index in [9.17, 15) is 4.79 Å². The van der Waals surface area contributed by atoms with Gasteiger partial charge < -0.3 is 10.5 Å². The third kappa shape index (κ3) is 1.80. The van der Waals surface area contributed by atoms with Crippen molar-refractivity contribution in [3.63, 3.8) is 0 Å². The Hall–Kier alpha value is -2.82. The zero-order valence-electron chi connectivity index (χ0n) is 10.9. The number of anilines is 1. The van der Waals surface area contributed by atoms with Gasteiger partial charge in [-0.05, 0) is 18.2 Å². The lowest BCUT2D eigenvalue weighted by Crippen LogP contribution is -2.09. The van der Waals surface area contributed by atoms with Crippen molar-refractivity contribution in [2.75, 3.05) is 12.8 Å². The van der Waals surface area contributed by atoms with E-state index in [0.717, 1.165) is 10.9 Å². The van der Waals surface area contributed by atoms with Gasteiger partial charge in [0.2, 0.25) is 0 Å².